The smallest absolute Gasteiger partial charge is 0.319 e. The van der Waals surface area contributed by atoms with E-state index in [4.69, 9.17) is 23.2 Å². The van der Waals surface area contributed by atoms with Gasteiger partial charge in [0.05, 0.1) is 27.7 Å². The van der Waals surface area contributed by atoms with Gasteiger partial charge in [0, 0.05) is 24.0 Å². The van der Waals surface area contributed by atoms with E-state index >= 15 is 0 Å². The molecule has 7 nitrogen and oxygen atoms in total. The van der Waals surface area contributed by atoms with E-state index in [2.05, 4.69) is 20.8 Å². The topological polar surface area (TPSA) is 104 Å². The van der Waals surface area contributed by atoms with Gasteiger partial charge in [0.1, 0.15) is 0 Å². The summed E-state index contributed by atoms with van der Waals surface area (Å²) in [7, 11) is -3.40. The Balaban J connectivity index is 1.54. The number of aromatic nitrogens is 2. The van der Waals surface area contributed by atoms with Crippen molar-refractivity contribution in [1.29, 1.82) is 0 Å². The third kappa shape index (κ3) is 6.49. The molecule has 0 saturated heterocycles. The lowest BCUT2D eigenvalue weighted by atomic mass is 10.2. The molecule has 1 heterocycles. The number of rotatable bonds is 7. The summed E-state index contributed by atoms with van der Waals surface area (Å²) >= 11 is 11.8. The average Bonchev–Trinajstić information content (AvgIpc) is 3.18. The zero-order chi connectivity index (χ0) is 20.9. The van der Waals surface area contributed by atoms with Crippen molar-refractivity contribution in [3.05, 3.63) is 81.6 Å². The van der Waals surface area contributed by atoms with E-state index in [1.807, 2.05) is 0 Å². The van der Waals surface area contributed by atoms with Crippen molar-refractivity contribution in [3.8, 4) is 0 Å². The first-order valence-electron chi connectivity index (χ1n) is 8.56. The van der Waals surface area contributed by atoms with Gasteiger partial charge in [0.2, 0.25) is 0 Å². The normalized spacial score (nSPS) is 11.2. The van der Waals surface area contributed by atoms with Crippen molar-refractivity contribution in [1.82, 2.24) is 15.5 Å². The number of nitrogens with zero attached hydrogens (tertiary/aromatic N) is 1. The first-order chi connectivity index (χ1) is 13.8. The van der Waals surface area contributed by atoms with Gasteiger partial charge in [-0.05, 0) is 35.4 Å². The van der Waals surface area contributed by atoms with Gasteiger partial charge in [-0.1, -0.05) is 41.4 Å². The zero-order valence-electron chi connectivity index (χ0n) is 15.2. The number of hydrogen-bond donors (Lipinski definition) is 3. The molecule has 2 aromatic carbocycles. The number of aromatic amines is 1. The predicted octanol–water partition coefficient (Wildman–Crippen LogP) is 4.15. The zero-order valence-corrected chi connectivity index (χ0v) is 17.5. The minimum Gasteiger partial charge on any atom is -0.334 e. The molecule has 0 radical (unpaired) electrons. The molecule has 0 bridgehead atoms. The van der Waals surface area contributed by atoms with Crippen LogP contribution in [0.15, 0.2) is 54.9 Å². The minimum atomic E-state index is -3.40. The third-order valence-corrected chi connectivity index (χ3v) is 6.26. The summed E-state index contributed by atoms with van der Waals surface area (Å²) in [6.45, 7) is 0.341. The van der Waals surface area contributed by atoms with Crippen molar-refractivity contribution in [2.45, 2.75) is 18.1 Å². The molecular weight excluding hydrogens is 435 g/mol. The van der Waals surface area contributed by atoms with Crippen LogP contribution >= 0.6 is 23.2 Å². The molecule has 0 atom stereocenters. The van der Waals surface area contributed by atoms with Crippen molar-refractivity contribution in [3.63, 3.8) is 0 Å². The van der Waals surface area contributed by atoms with Crippen LogP contribution in [-0.4, -0.2) is 24.6 Å². The Hall–Kier alpha value is -2.55. The fraction of sp³-hybridized carbons (Fsp3) is 0.158. The summed E-state index contributed by atoms with van der Waals surface area (Å²) in [6, 6.07) is 11.0. The molecule has 0 spiro atoms. The summed E-state index contributed by atoms with van der Waals surface area (Å²) in [4.78, 5) is 11.9. The van der Waals surface area contributed by atoms with Crippen LogP contribution in [-0.2, 0) is 27.9 Å². The van der Waals surface area contributed by atoms with E-state index in [9.17, 15) is 13.2 Å². The summed E-state index contributed by atoms with van der Waals surface area (Å²) in [5, 5.41) is 12.5. The maximum absolute atomic E-state index is 12.5. The number of hydrogen-bond acceptors (Lipinski definition) is 4. The van der Waals surface area contributed by atoms with Gasteiger partial charge in [-0.3, -0.25) is 5.10 Å². The highest BCUT2D eigenvalue weighted by Crippen LogP contribution is 2.24. The Morgan fingerprint density at radius 3 is 2.31 bits per heavy atom. The number of carbonyl (C=O) groups is 1. The molecule has 3 rings (SSSR count). The van der Waals surface area contributed by atoms with Crippen LogP contribution in [0.5, 0.6) is 0 Å². The average molecular weight is 453 g/mol. The number of sulfone groups is 1. The number of nitrogens with one attached hydrogen (secondary N) is 3. The monoisotopic (exact) mass is 452 g/mol. The lowest BCUT2D eigenvalue weighted by Crippen LogP contribution is -2.28. The maximum Gasteiger partial charge on any atom is 0.319 e. The van der Waals surface area contributed by atoms with Crippen LogP contribution in [0, 0.1) is 0 Å². The van der Waals surface area contributed by atoms with Crippen LogP contribution in [0.1, 0.15) is 16.7 Å². The van der Waals surface area contributed by atoms with Crippen molar-refractivity contribution in [2.24, 2.45) is 0 Å². The fourth-order valence-electron chi connectivity index (χ4n) is 2.60. The van der Waals surface area contributed by atoms with Crippen LogP contribution in [0.2, 0.25) is 10.0 Å². The van der Waals surface area contributed by atoms with Gasteiger partial charge in [0.15, 0.2) is 9.84 Å². The van der Waals surface area contributed by atoms with Crippen LogP contribution in [0.4, 0.5) is 10.5 Å². The second-order valence-corrected chi connectivity index (χ2v) is 9.27. The minimum absolute atomic E-state index is 0.125. The fourth-order valence-corrected chi connectivity index (χ4v) is 4.42. The number of carbonyl (C=O) groups excluding carboxylic acids is 1. The lowest BCUT2D eigenvalue weighted by molar-refractivity contribution is 0.251. The summed E-state index contributed by atoms with van der Waals surface area (Å²) in [6.07, 6.45) is 3.31. The van der Waals surface area contributed by atoms with Crippen molar-refractivity contribution < 1.29 is 13.2 Å². The first kappa shape index (κ1) is 21.2. The van der Waals surface area contributed by atoms with Crippen molar-refractivity contribution >= 4 is 44.8 Å². The molecule has 1 aromatic heterocycles. The molecule has 152 valence electrons. The molecule has 2 amide bonds. The maximum atomic E-state index is 12.5. The highest BCUT2D eigenvalue weighted by atomic mass is 35.5. The third-order valence-electron chi connectivity index (χ3n) is 3.98. The SMILES string of the molecule is O=C(NCc1cn[nH]c1)Nc1ccc(CS(=O)(=O)Cc2ccc(Cl)c(Cl)c2)cc1. The first-order valence-corrected chi connectivity index (χ1v) is 11.1. The number of H-pyrrole nitrogens is 1. The van der Waals surface area contributed by atoms with E-state index in [1.54, 1.807) is 54.9 Å². The molecule has 0 unspecified atom stereocenters. The Labute approximate surface area is 178 Å². The van der Waals surface area contributed by atoms with Gasteiger partial charge in [0.25, 0.3) is 0 Å². The van der Waals surface area contributed by atoms with E-state index < -0.39 is 9.84 Å². The van der Waals surface area contributed by atoms with E-state index in [-0.39, 0.29) is 17.5 Å². The largest absolute Gasteiger partial charge is 0.334 e. The van der Waals surface area contributed by atoms with Gasteiger partial charge < -0.3 is 10.6 Å². The number of amides is 2. The molecule has 3 N–H and O–H groups in total. The molecule has 0 aliphatic carbocycles. The number of anilines is 1. The Bertz CT molecular complexity index is 1090. The Morgan fingerprint density at radius 1 is 0.966 bits per heavy atom. The predicted molar refractivity (Wildman–Crippen MR) is 114 cm³/mol. The summed E-state index contributed by atoms with van der Waals surface area (Å²) < 4.78 is 24.9. The summed E-state index contributed by atoms with van der Waals surface area (Å²) in [5.74, 6) is -0.263. The Kier molecular flexibility index (Phi) is 6.79. The molecule has 0 saturated carbocycles. The number of benzene rings is 2. The molecule has 10 heteroatoms. The molecular formula is C19H18Cl2N4O3S. The molecule has 0 fully saturated rings. The number of halogens is 2. The van der Waals surface area contributed by atoms with Crippen LogP contribution < -0.4 is 10.6 Å². The Morgan fingerprint density at radius 2 is 1.66 bits per heavy atom. The highest BCUT2D eigenvalue weighted by Gasteiger charge is 2.14. The molecule has 29 heavy (non-hydrogen) atoms. The van der Waals surface area contributed by atoms with Crippen molar-refractivity contribution in [2.75, 3.05) is 5.32 Å². The highest BCUT2D eigenvalue weighted by molar-refractivity contribution is 7.89. The molecule has 0 aliphatic rings. The quantitative estimate of drug-likeness (QED) is 0.500. The van der Waals surface area contributed by atoms with Crippen LogP contribution in [0.3, 0.4) is 0 Å². The van der Waals surface area contributed by atoms with E-state index in [0.717, 1.165) is 5.56 Å². The molecule has 0 aliphatic heterocycles. The number of urea groups is 1. The van der Waals surface area contributed by atoms with E-state index in [0.29, 0.717) is 33.4 Å². The summed E-state index contributed by atoms with van der Waals surface area (Å²) in [5.41, 5.74) is 2.60. The second-order valence-electron chi connectivity index (χ2n) is 6.39. The van der Waals surface area contributed by atoms with Crippen LogP contribution in [0.25, 0.3) is 0 Å². The lowest BCUT2D eigenvalue weighted by Gasteiger charge is -2.09. The van der Waals surface area contributed by atoms with Gasteiger partial charge in [-0.15, -0.1) is 0 Å². The molecule has 3 aromatic rings. The van der Waals surface area contributed by atoms with Gasteiger partial charge in [-0.2, -0.15) is 5.10 Å². The van der Waals surface area contributed by atoms with Gasteiger partial charge in [-0.25, -0.2) is 13.2 Å². The second kappa shape index (κ2) is 9.30. The standard InChI is InChI=1S/C19H18Cl2N4O3S/c20-17-6-3-14(7-18(17)21)12-29(27,28)11-13-1-4-16(5-2-13)25-19(26)22-8-15-9-23-24-10-15/h1-7,9-10H,8,11-12H2,(H,23,24)(H2,22,25,26). The van der Waals surface area contributed by atoms with Gasteiger partial charge >= 0.3 is 6.03 Å². The van der Waals surface area contributed by atoms with E-state index in [1.165, 1.54) is 0 Å².